The Morgan fingerprint density at radius 1 is 1.29 bits per heavy atom. The highest BCUT2D eigenvalue weighted by Gasteiger charge is 2.35. The quantitative estimate of drug-likeness (QED) is 0.754. The first kappa shape index (κ1) is 10.7. The van der Waals surface area contributed by atoms with Crippen molar-refractivity contribution < 1.29 is 4.79 Å². The number of nitrogens with one attached hydrogen (secondary N) is 2. The lowest BCUT2D eigenvalue weighted by atomic mass is 10.0. The molecular formula is C13H17N3O. The van der Waals surface area contributed by atoms with Crippen LogP contribution in [0.3, 0.4) is 0 Å². The van der Waals surface area contributed by atoms with Crippen LogP contribution in [0.15, 0.2) is 18.2 Å². The Hall–Kier alpha value is -1.39. The van der Waals surface area contributed by atoms with Crippen LogP contribution in [0.25, 0.3) is 0 Å². The summed E-state index contributed by atoms with van der Waals surface area (Å²) in [7, 11) is 0. The molecule has 0 bridgehead atoms. The van der Waals surface area contributed by atoms with E-state index in [1.807, 2.05) is 12.1 Å². The summed E-state index contributed by atoms with van der Waals surface area (Å²) in [6.45, 7) is 5.87. The Kier molecular flexibility index (Phi) is 2.61. The van der Waals surface area contributed by atoms with Gasteiger partial charge in [0.1, 0.15) is 6.04 Å². The summed E-state index contributed by atoms with van der Waals surface area (Å²) >= 11 is 0. The average molecular weight is 231 g/mol. The van der Waals surface area contributed by atoms with Gasteiger partial charge in [-0.3, -0.25) is 9.69 Å². The number of piperazine rings is 1. The molecule has 2 heterocycles. The van der Waals surface area contributed by atoms with Gasteiger partial charge in [-0.05, 0) is 13.0 Å². The van der Waals surface area contributed by atoms with E-state index in [9.17, 15) is 4.79 Å². The minimum atomic E-state index is -0.0907. The first-order valence-electron chi connectivity index (χ1n) is 6.12. The van der Waals surface area contributed by atoms with Crippen LogP contribution < -0.4 is 10.6 Å². The average Bonchev–Trinajstić information content (AvgIpc) is 2.65. The molecule has 2 N–H and O–H groups in total. The van der Waals surface area contributed by atoms with Gasteiger partial charge in [0, 0.05) is 37.4 Å². The van der Waals surface area contributed by atoms with Gasteiger partial charge in [0.05, 0.1) is 0 Å². The molecule has 1 aromatic carbocycles. The van der Waals surface area contributed by atoms with Crippen LogP contribution in [0.5, 0.6) is 0 Å². The second-order valence-electron chi connectivity index (χ2n) is 4.77. The zero-order valence-electron chi connectivity index (χ0n) is 9.99. The Morgan fingerprint density at radius 3 is 2.82 bits per heavy atom. The molecule has 0 saturated carbocycles. The predicted octanol–water partition coefficient (Wildman–Crippen LogP) is 0.893. The van der Waals surface area contributed by atoms with Crippen LogP contribution in [0.2, 0.25) is 0 Å². The molecule has 2 aliphatic rings. The number of rotatable bonds is 1. The third-order valence-electron chi connectivity index (χ3n) is 3.52. The van der Waals surface area contributed by atoms with Crippen molar-refractivity contribution >= 4 is 11.6 Å². The highest BCUT2D eigenvalue weighted by atomic mass is 16.2. The summed E-state index contributed by atoms with van der Waals surface area (Å²) in [5, 5.41) is 6.29. The lowest BCUT2D eigenvalue weighted by molar-refractivity contribution is -0.121. The van der Waals surface area contributed by atoms with Crippen LogP contribution >= 0.6 is 0 Å². The van der Waals surface area contributed by atoms with Gasteiger partial charge in [0.2, 0.25) is 5.91 Å². The maximum absolute atomic E-state index is 12.1. The fourth-order valence-corrected chi connectivity index (χ4v) is 2.67. The number of aryl methyl sites for hydroxylation is 1. The minimum Gasteiger partial charge on any atom is -0.324 e. The van der Waals surface area contributed by atoms with Gasteiger partial charge in [-0.2, -0.15) is 0 Å². The monoisotopic (exact) mass is 231 g/mol. The molecule has 1 aromatic rings. The van der Waals surface area contributed by atoms with Crippen LogP contribution in [0.1, 0.15) is 17.2 Å². The first-order valence-corrected chi connectivity index (χ1v) is 6.12. The van der Waals surface area contributed by atoms with E-state index in [0.29, 0.717) is 0 Å². The summed E-state index contributed by atoms with van der Waals surface area (Å²) in [4.78, 5) is 14.3. The molecule has 1 saturated heterocycles. The summed E-state index contributed by atoms with van der Waals surface area (Å²) in [5.41, 5.74) is 3.32. The highest BCUT2D eigenvalue weighted by Crippen LogP contribution is 2.35. The second-order valence-corrected chi connectivity index (χ2v) is 4.77. The highest BCUT2D eigenvalue weighted by molar-refractivity contribution is 6.02. The summed E-state index contributed by atoms with van der Waals surface area (Å²) in [5.74, 6) is 0.118. The van der Waals surface area contributed by atoms with Crippen molar-refractivity contribution in [2.24, 2.45) is 0 Å². The van der Waals surface area contributed by atoms with Crippen molar-refractivity contribution in [1.82, 2.24) is 10.2 Å². The SMILES string of the molecule is Cc1ccc2c(c1)C(N1CCNCC1)C(=O)N2. The second kappa shape index (κ2) is 4.13. The Morgan fingerprint density at radius 2 is 2.06 bits per heavy atom. The summed E-state index contributed by atoms with van der Waals surface area (Å²) in [6.07, 6.45) is 0. The van der Waals surface area contributed by atoms with Crippen molar-refractivity contribution in [3.63, 3.8) is 0 Å². The number of hydrogen-bond acceptors (Lipinski definition) is 3. The molecule has 0 radical (unpaired) electrons. The van der Waals surface area contributed by atoms with Gasteiger partial charge in [0.25, 0.3) is 0 Å². The van der Waals surface area contributed by atoms with Crippen molar-refractivity contribution in [3.05, 3.63) is 29.3 Å². The molecule has 0 aliphatic carbocycles. The lowest BCUT2D eigenvalue weighted by Crippen LogP contribution is -2.46. The van der Waals surface area contributed by atoms with Crippen molar-refractivity contribution in [1.29, 1.82) is 0 Å². The van der Waals surface area contributed by atoms with E-state index in [0.717, 1.165) is 37.4 Å². The Balaban J connectivity index is 1.95. The van der Waals surface area contributed by atoms with E-state index in [2.05, 4.69) is 28.5 Å². The van der Waals surface area contributed by atoms with Crippen LogP contribution in [-0.4, -0.2) is 37.0 Å². The standard InChI is InChI=1S/C13H17N3O/c1-9-2-3-11-10(8-9)12(13(17)15-11)16-6-4-14-5-7-16/h2-3,8,12,14H,4-7H2,1H3,(H,15,17). The third kappa shape index (κ3) is 1.83. The van der Waals surface area contributed by atoms with E-state index in [-0.39, 0.29) is 11.9 Å². The number of fused-ring (bicyclic) bond motifs is 1. The molecule has 4 heteroatoms. The van der Waals surface area contributed by atoms with Crippen molar-refractivity contribution in [2.45, 2.75) is 13.0 Å². The molecule has 1 atom stereocenters. The van der Waals surface area contributed by atoms with Crippen LogP contribution in [0.4, 0.5) is 5.69 Å². The molecular weight excluding hydrogens is 214 g/mol. The van der Waals surface area contributed by atoms with Crippen LogP contribution in [-0.2, 0) is 4.79 Å². The van der Waals surface area contributed by atoms with E-state index in [4.69, 9.17) is 0 Å². The van der Waals surface area contributed by atoms with Crippen molar-refractivity contribution in [2.75, 3.05) is 31.5 Å². The summed E-state index contributed by atoms with van der Waals surface area (Å²) in [6, 6.07) is 6.08. The van der Waals surface area contributed by atoms with Gasteiger partial charge >= 0.3 is 0 Å². The largest absolute Gasteiger partial charge is 0.324 e. The number of nitrogens with zero attached hydrogens (tertiary/aromatic N) is 1. The van der Waals surface area contributed by atoms with E-state index < -0.39 is 0 Å². The fraction of sp³-hybridized carbons (Fsp3) is 0.462. The number of anilines is 1. The smallest absolute Gasteiger partial charge is 0.246 e. The maximum atomic E-state index is 12.1. The molecule has 4 nitrogen and oxygen atoms in total. The van der Waals surface area contributed by atoms with Crippen LogP contribution in [0, 0.1) is 6.92 Å². The molecule has 0 spiro atoms. The molecule has 17 heavy (non-hydrogen) atoms. The van der Waals surface area contributed by atoms with Gasteiger partial charge in [-0.25, -0.2) is 0 Å². The molecule has 2 aliphatic heterocycles. The lowest BCUT2D eigenvalue weighted by Gasteiger charge is -2.31. The molecule has 1 amide bonds. The van der Waals surface area contributed by atoms with E-state index in [1.165, 1.54) is 5.56 Å². The zero-order valence-corrected chi connectivity index (χ0v) is 9.99. The number of carbonyl (C=O) groups is 1. The molecule has 1 fully saturated rings. The van der Waals surface area contributed by atoms with Gasteiger partial charge < -0.3 is 10.6 Å². The number of amides is 1. The molecule has 0 aromatic heterocycles. The zero-order chi connectivity index (χ0) is 11.8. The van der Waals surface area contributed by atoms with Gasteiger partial charge in [-0.15, -0.1) is 0 Å². The first-order chi connectivity index (χ1) is 8.25. The van der Waals surface area contributed by atoms with Gasteiger partial charge in [0.15, 0.2) is 0 Å². The Bertz CT molecular complexity index is 452. The molecule has 90 valence electrons. The minimum absolute atomic E-state index is 0.0907. The number of benzene rings is 1. The fourth-order valence-electron chi connectivity index (χ4n) is 2.67. The Labute approximate surface area is 101 Å². The molecule has 3 rings (SSSR count). The van der Waals surface area contributed by atoms with Gasteiger partial charge in [-0.1, -0.05) is 17.7 Å². The predicted molar refractivity (Wildman–Crippen MR) is 67.0 cm³/mol. The maximum Gasteiger partial charge on any atom is 0.246 e. The normalized spacial score (nSPS) is 24.5. The molecule has 1 unspecified atom stereocenters. The topological polar surface area (TPSA) is 44.4 Å². The van der Waals surface area contributed by atoms with Crippen molar-refractivity contribution in [3.8, 4) is 0 Å². The van der Waals surface area contributed by atoms with E-state index in [1.54, 1.807) is 0 Å². The van der Waals surface area contributed by atoms with E-state index >= 15 is 0 Å². The number of carbonyl (C=O) groups excluding carboxylic acids is 1. The summed E-state index contributed by atoms with van der Waals surface area (Å²) < 4.78 is 0. The third-order valence-corrected chi connectivity index (χ3v) is 3.52. The number of hydrogen-bond donors (Lipinski definition) is 2.